The van der Waals surface area contributed by atoms with Crippen LogP contribution in [0.1, 0.15) is 5.56 Å². The van der Waals surface area contributed by atoms with Crippen molar-refractivity contribution in [1.29, 1.82) is 0 Å². The summed E-state index contributed by atoms with van der Waals surface area (Å²) in [5.41, 5.74) is 4.67. The molecular weight excluding hydrogens is 442 g/mol. The Morgan fingerprint density at radius 3 is 2.38 bits per heavy atom. The first-order valence-corrected chi connectivity index (χ1v) is 11.4. The van der Waals surface area contributed by atoms with Crippen molar-refractivity contribution in [3.05, 3.63) is 89.6 Å². The van der Waals surface area contributed by atoms with Gasteiger partial charge in [0, 0.05) is 28.2 Å². The minimum atomic E-state index is -0.105. The number of aromatic nitrogens is 2. The molecule has 1 heterocycles. The zero-order valence-electron chi connectivity index (χ0n) is 17.7. The predicted molar refractivity (Wildman–Crippen MR) is 131 cm³/mol. The molecule has 0 aliphatic rings. The first kappa shape index (κ1) is 22.0. The fraction of sp³-hybridized carbons (Fsp3) is 0.120. The molecule has 4 aromatic rings. The molecular formula is C25H22ClN3O2S. The van der Waals surface area contributed by atoms with Crippen LogP contribution in [0.25, 0.3) is 16.9 Å². The number of halogens is 1. The number of carbonyl (C=O) groups excluding carboxylic acids is 1. The Morgan fingerprint density at radius 2 is 1.72 bits per heavy atom. The maximum Gasteiger partial charge on any atom is 0.234 e. The molecule has 0 radical (unpaired) electrons. The highest BCUT2D eigenvalue weighted by Crippen LogP contribution is 2.28. The van der Waals surface area contributed by atoms with E-state index >= 15 is 0 Å². The number of rotatable bonds is 7. The second-order valence-electron chi connectivity index (χ2n) is 7.19. The Balaban J connectivity index is 1.54. The number of nitrogens with zero attached hydrogens (tertiary/aromatic N) is 2. The lowest BCUT2D eigenvalue weighted by molar-refractivity contribution is -0.113. The molecule has 5 nitrogen and oxygen atoms in total. The molecule has 0 spiro atoms. The summed E-state index contributed by atoms with van der Waals surface area (Å²) in [6, 6.07) is 23.0. The van der Waals surface area contributed by atoms with Crippen LogP contribution in [0.2, 0.25) is 5.02 Å². The molecule has 4 rings (SSSR count). The Bertz CT molecular complexity index is 1200. The topological polar surface area (TPSA) is 56.1 Å². The zero-order valence-corrected chi connectivity index (χ0v) is 19.3. The van der Waals surface area contributed by atoms with Crippen molar-refractivity contribution in [2.45, 2.75) is 12.1 Å². The summed E-state index contributed by atoms with van der Waals surface area (Å²) >= 11 is 7.42. The molecule has 0 fully saturated rings. The lowest BCUT2D eigenvalue weighted by atomic mass is 10.2. The summed E-state index contributed by atoms with van der Waals surface area (Å²) < 4.78 is 7.16. The molecule has 0 bridgehead atoms. The third-order valence-corrected chi connectivity index (χ3v) is 6.04. The van der Waals surface area contributed by atoms with Gasteiger partial charge in [-0.2, -0.15) is 0 Å². The Labute approximate surface area is 196 Å². The number of benzene rings is 3. The monoisotopic (exact) mass is 463 g/mol. The first-order valence-electron chi connectivity index (χ1n) is 10.0. The van der Waals surface area contributed by atoms with Gasteiger partial charge in [0.2, 0.25) is 5.91 Å². The number of amides is 1. The molecule has 0 aliphatic heterocycles. The van der Waals surface area contributed by atoms with Crippen LogP contribution in [0.3, 0.4) is 0 Å². The number of anilines is 1. The van der Waals surface area contributed by atoms with E-state index in [1.807, 2.05) is 71.4 Å². The summed E-state index contributed by atoms with van der Waals surface area (Å²) in [5, 5.41) is 4.32. The van der Waals surface area contributed by atoms with Gasteiger partial charge < -0.3 is 10.1 Å². The highest BCUT2D eigenvalue weighted by Gasteiger charge is 2.14. The van der Waals surface area contributed by atoms with Crippen LogP contribution in [0.5, 0.6) is 5.75 Å². The number of methoxy groups -OCH3 is 1. The number of nitrogens with one attached hydrogen (secondary N) is 1. The van der Waals surface area contributed by atoms with E-state index in [0.717, 1.165) is 33.5 Å². The molecule has 32 heavy (non-hydrogen) atoms. The lowest BCUT2D eigenvalue weighted by Crippen LogP contribution is -2.14. The van der Waals surface area contributed by atoms with Gasteiger partial charge in [-0.15, -0.1) is 0 Å². The van der Waals surface area contributed by atoms with Crippen molar-refractivity contribution in [2.24, 2.45) is 0 Å². The SMILES string of the molecule is COc1ccc(NC(=O)CSc2nc(-c3ccc(Cl)cc3)cn2-c2ccc(C)cc2)cc1. The number of hydrogen-bond donors (Lipinski definition) is 1. The van der Waals surface area contributed by atoms with Crippen molar-refractivity contribution >= 4 is 35.0 Å². The molecule has 0 saturated carbocycles. The van der Waals surface area contributed by atoms with E-state index in [1.165, 1.54) is 17.3 Å². The van der Waals surface area contributed by atoms with Crippen LogP contribution in [0, 0.1) is 6.92 Å². The van der Waals surface area contributed by atoms with Gasteiger partial charge in [-0.3, -0.25) is 9.36 Å². The number of imidazole rings is 1. The van der Waals surface area contributed by atoms with E-state index in [1.54, 1.807) is 7.11 Å². The van der Waals surface area contributed by atoms with E-state index < -0.39 is 0 Å². The summed E-state index contributed by atoms with van der Waals surface area (Å²) in [6.07, 6.45) is 1.98. The average molecular weight is 464 g/mol. The molecule has 3 aromatic carbocycles. The van der Waals surface area contributed by atoms with E-state index in [9.17, 15) is 4.79 Å². The summed E-state index contributed by atoms with van der Waals surface area (Å²) in [7, 11) is 1.61. The van der Waals surface area contributed by atoms with Gasteiger partial charge in [0.25, 0.3) is 0 Å². The second kappa shape index (κ2) is 9.94. The number of carbonyl (C=O) groups is 1. The summed E-state index contributed by atoms with van der Waals surface area (Å²) in [4.78, 5) is 17.3. The van der Waals surface area contributed by atoms with Crippen LogP contribution < -0.4 is 10.1 Å². The van der Waals surface area contributed by atoms with E-state index in [0.29, 0.717) is 5.02 Å². The highest BCUT2D eigenvalue weighted by atomic mass is 35.5. The molecule has 1 amide bonds. The van der Waals surface area contributed by atoms with E-state index in [2.05, 4.69) is 24.4 Å². The Hall–Kier alpha value is -3.22. The van der Waals surface area contributed by atoms with Gasteiger partial charge in [0.05, 0.1) is 18.6 Å². The fourth-order valence-corrected chi connectivity index (χ4v) is 4.04. The number of thioether (sulfide) groups is 1. The van der Waals surface area contributed by atoms with E-state index in [4.69, 9.17) is 21.3 Å². The van der Waals surface area contributed by atoms with Crippen LogP contribution in [0.15, 0.2) is 84.1 Å². The second-order valence-corrected chi connectivity index (χ2v) is 8.57. The predicted octanol–water partition coefficient (Wildman–Crippen LogP) is 6.24. The van der Waals surface area contributed by atoms with Gasteiger partial charge in [-0.05, 0) is 55.5 Å². The van der Waals surface area contributed by atoms with Gasteiger partial charge in [-0.1, -0.05) is 53.2 Å². The number of aryl methyl sites for hydroxylation is 1. The Kier molecular flexibility index (Phi) is 6.83. The van der Waals surface area contributed by atoms with Crippen LogP contribution in [0.4, 0.5) is 5.69 Å². The average Bonchev–Trinajstić information content (AvgIpc) is 3.23. The molecule has 1 aromatic heterocycles. The molecule has 1 N–H and O–H groups in total. The largest absolute Gasteiger partial charge is 0.497 e. The molecule has 0 unspecified atom stereocenters. The number of hydrogen-bond acceptors (Lipinski definition) is 4. The molecule has 7 heteroatoms. The van der Waals surface area contributed by atoms with Crippen LogP contribution in [-0.4, -0.2) is 28.3 Å². The van der Waals surface area contributed by atoms with Crippen molar-refractivity contribution in [1.82, 2.24) is 9.55 Å². The maximum absolute atomic E-state index is 12.5. The quantitative estimate of drug-likeness (QED) is 0.329. The summed E-state index contributed by atoms with van der Waals surface area (Å²) in [5.74, 6) is 0.869. The first-order chi connectivity index (χ1) is 15.5. The lowest BCUT2D eigenvalue weighted by Gasteiger charge is -2.08. The zero-order chi connectivity index (χ0) is 22.5. The number of ether oxygens (including phenoxy) is 1. The summed E-state index contributed by atoms with van der Waals surface area (Å²) in [6.45, 7) is 2.05. The molecule has 0 saturated heterocycles. The minimum absolute atomic E-state index is 0.105. The standard InChI is InChI=1S/C25H22ClN3O2S/c1-17-3-11-21(12-4-17)29-15-23(18-5-7-19(26)8-6-18)28-25(29)32-16-24(30)27-20-9-13-22(31-2)14-10-20/h3-15H,16H2,1-2H3,(H,27,30). The molecule has 0 atom stereocenters. The highest BCUT2D eigenvalue weighted by molar-refractivity contribution is 7.99. The third kappa shape index (κ3) is 5.33. The van der Waals surface area contributed by atoms with Crippen molar-refractivity contribution < 1.29 is 9.53 Å². The maximum atomic E-state index is 12.5. The van der Waals surface area contributed by atoms with Crippen LogP contribution in [-0.2, 0) is 4.79 Å². The van der Waals surface area contributed by atoms with Crippen molar-refractivity contribution in [3.8, 4) is 22.7 Å². The normalized spacial score (nSPS) is 10.7. The van der Waals surface area contributed by atoms with Gasteiger partial charge in [0.1, 0.15) is 5.75 Å². The Morgan fingerprint density at radius 1 is 1.03 bits per heavy atom. The third-order valence-electron chi connectivity index (χ3n) is 4.83. The van der Waals surface area contributed by atoms with Gasteiger partial charge >= 0.3 is 0 Å². The van der Waals surface area contributed by atoms with E-state index in [-0.39, 0.29) is 11.7 Å². The minimum Gasteiger partial charge on any atom is -0.497 e. The van der Waals surface area contributed by atoms with Crippen molar-refractivity contribution in [3.63, 3.8) is 0 Å². The van der Waals surface area contributed by atoms with Gasteiger partial charge in [-0.25, -0.2) is 4.98 Å². The van der Waals surface area contributed by atoms with Crippen molar-refractivity contribution in [2.75, 3.05) is 18.2 Å². The smallest absolute Gasteiger partial charge is 0.234 e. The van der Waals surface area contributed by atoms with Crippen LogP contribution >= 0.6 is 23.4 Å². The molecule has 162 valence electrons. The van der Waals surface area contributed by atoms with Gasteiger partial charge in [0.15, 0.2) is 5.16 Å². The fourth-order valence-electron chi connectivity index (χ4n) is 3.12. The molecule has 0 aliphatic carbocycles.